The van der Waals surface area contributed by atoms with E-state index < -0.39 is 34.1 Å². The molecule has 0 radical (unpaired) electrons. The standard InChI is InChI=1S/C24H31Cl2N3O4S/c1-16-10-12-18(13-11-16)34(32,33)28(6)15-22(30)29(17(2)23(31)27-24(3,4)5)14-19-20(25)8-7-9-21(19)26/h7-13,17H,14-15H2,1-6H3,(H,27,31)/t17-/m0/s1. The van der Waals surface area contributed by atoms with Crippen LogP contribution in [0.3, 0.4) is 0 Å². The van der Waals surface area contributed by atoms with Crippen molar-refractivity contribution in [1.29, 1.82) is 0 Å². The minimum absolute atomic E-state index is 0.0610. The number of amides is 2. The molecule has 2 aromatic carbocycles. The molecule has 2 aromatic rings. The van der Waals surface area contributed by atoms with Gasteiger partial charge in [0.15, 0.2) is 0 Å². The van der Waals surface area contributed by atoms with E-state index in [1.165, 1.54) is 24.1 Å². The summed E-state index contributed by atoms with van der Waals surface area (Å²) in [6, 6.07) is 10.4. The number of hydrogen-bond acceptors (Lipinski definition) is 4. The van der Waals surface area contributed by atoms with Crippen molar-refractivity contribution in [2.45, 2.75) is 57.6 Å². The summed E-state index contributed by atoms with van der Waals surface area (Å²) < 4.78 is 27.0. The van der Waals surface area contributed by atoms with Crippen LogP contribution in [-0.2, 0) is 26.2 Å². The average Bonchev–Trinajstić information content (AvgIpc) is 2.72. The maximum Gasteiger partial charge on any atom is 0.243 e. The average molecular weight is 529 g/mol. The van der Waals surface area contributed by atoms with Crippen LogP contribution >= 0.6 is 23.2 Å². The molecule has 0 saturated carbocycles. The van der Waals surface area contributed by atoms with E-state index in [2.05, 4.69) is 5.32 Å². The van der Waals surface area contributed by atoms with Gasteiger partial charge >= 0.3 is 0 Å². The molecule has 0 aliphatic carbocycles. The number of nitrogens with zero attached hydrogens (tertiary/aromatic N) is 2. The Morgan fingerprint density at radius 1 is 1.03 bits per heavy atom. The Bertz CT molecular complexity index is 1130. The SMILES string of the molecule is Cc1ccc(S(=O)(=O)N(C)CC(=O)N(Cc2c(Cl)cccc2Cl)[C@@H](C)C(=O)NC(C)(C)C)cc1. The maximum atomic E-state index is 13.4. The Balaban J connectivity index is 2.36. The third-order valence-electron chi connectivity index (χ3n) is 5.14. The monoisotopic (exact) mass is 527 g/mol. The number of rotatable bonds is 8. The molecule has 0 heterocycles. The van der Waals surface area contributed by atoms with Gasteiger partial charge in [-0.05, 0) is 58.9 Å². The lowest BCUT2D eigenvalue weighted by molar-refractivity contribution is -0.141. The lowest BCUT2D eigenvalue weighted by Gasteiger charge is -2.32. The van der Waals surface area contributed by atoms with Crippen LogP contribution in [0.5, 0.6) is 0 Å². The fraction of sp³-hybridized carbons (Fsp3) is 0.417. The van der Waals surface area contributed by atoms with Crippen molar-refractivity contribution in [2.75, 3.05) is 13.6 Å². The quantitative estimate of drug-likeness (QED) is 0.555. The molecule has 0 aliphatic heterocycles. The molecule has 0 fully saturated rings. The van der Waals surface area contributed by atoms with E-state index in [1.807, 2.05) is 27.7 Å². The van der Waals surface area contributed by atoms with Crippen LogP contribution in [0.4, 0.5) is 0 Å². The number of nitrogens with one attached hydrogen (secondary N) is 1. The Labute approximate surface area is 212 Å². The van der Waals surface area contributed by atoms with Gasteiger partial charge in [-0.3, -0.25) is 9.59 Å². The zero-order chi connectivity index (χ0) is 25.8. The van der Waals surface area contributed by atoms with Crippen molar-refractivity contribution in [1.82, 2.24) is 14.5 Å². The molecule has 0 bridgehead atoms. The first-order valence-electron chi connectivity index (χ1n) is 10.7. The van der Waals surface area contributed by atoms with E-state index in [9.17, 15) is 18.0 Å². The van der Waals surface area contributed by atoms with E-state index in [0.717, 1.165) is 9.87 Å². The molecule has 2 rings (SSSR count). The summed E-state index contributed by atoms with van der Waals surface area (Å²) in [5, 5.41) is 3.54. The van der Waals surface area contributed by atoms with Crippen LogP contribution in [0, 0.1) is 6.92 Å². The highest BCUT2D eigenvalue weighted by atomic mass is 35.5. The van der Waals surface area contributed by atoms with Gasteiger partial charge in [0.1, 0.15) is 6.04 Å². The van der Waals surface area contributed by atoms with Gasteiger partial charge in [0.25, 0.3) is 0 Å². The number of sulfonamides is 1. The fourth-order valence-corrected chi connectivity index (χ4v) is 4.80. The van der Waals surface area contributed by atoms with Crippen LogP contribution in [0.25, 0.3) is 0 Å². The lowest BCUT2D eigenvalue weighted by atomic mass is 10.1. The number of halogens is 2. The van der Waals surface area contributed by atoms with Gasteiger partial charge in [-0.25, -0.2) is 8.42 Å². The molecule has 1 N–H and O–H groups in total. The molecule has 0 unspecified atom stereocenters. The van der Waals surface area contributed by atoms with Gasteiger partial charge in [-0.2, -0.15) is 4.31 Å². The zero-order valence-corrected chi connectivity index (χ0v) is 22.6. The topological polar surface area (TPSA) is 86.8 Å². The van der Waals surface area contributed by atoms with Crippen molar-refractivity contribution < 1.29 is 18.0 Å². The van der Waals surface area contributed by atoms with Crippen LogP contribution in [0.2, 0.25) is 10.0 Å². The van der Waals surface area contributed by atoms with E-state index in [-0.39, 0.29) is 17.3 Å². The molecule has 0 aliphatic rings. The Morgan fingerprint density at radius 3 is 2.06 bits per heavy atom. The first-order chi connectivity index (χ1) is 15.6. The minimum Gasteiger partial charge on any atom is -0.350 e. The molecule has 0 spiro atoms. The second-order valence-electron chi connectivity index (χ2n) is 9.21. The van der Waals surface area contributed by atoms with E-state index in [0.29, 0.717) is 15.6 Å². The van der Waals surface area contributed by atoms with Crippen molar-refractivity contribution in [3.63, 3.8) is 0 Å². The number of benzene rings is 2. The van der Waals surface area contributed by atoms with E-state index in [4.69, 9.17) is 23.2 Å². The molecular weight excluding hydrogens is 497 g/mol. The third-order valence-corrected chi connectivity index (χ3v) is 7.67. The maximum absolute atomic E-state index is 13.4. The Kier molecular flexibility index (Phi) is 9.16. The number of likely N-dealkylation sites (N-methyl/N-ethyl adjacent to an activating group) is 1. The minimum atomic E-state index is -3.92. The molecule has 7 nitrogen and oxygen atoms in total. The van der Waals surface area contributed by atoms with Gasteiger partial charge in [0, 0.05) is 34.7 Å². The first-order valence-corrected chi connectivity index (χ1v) is 12.9. The number of carbonyl (C=O) groups is 2. The number of aryl methyl sites for hydroxylation is 1. The van der Waals surface area contributed by atoms with Crippen molar-refractivity contribution in [3.05, 3.63) is 63.6 Å². The van der Waals surface area contributed by atoms with E-state index >= 15 is 0 Å². The van der Waals surface area contributed by atoms with Gasteiger partial charge < -0.3 is 10.2 Å². The predicted octanol–water partition coefficient (Wildman–Crippen LogP) is 4.25. The van der Waals surface area contributed by atoms with E-state index in [1.54, 1.807) is 37.3 Å². The number of hydrogen-bond donors (Lipinski definition) is 1. The highest BCUT2D eigenvalue weighted by Crippen LogP contribution is 2.27. The molecular formula is C24H31Cl2N3O4S. The van der Waals surface area contributed by atoms with Gasteiger partial charge in [-0.15, -0.1) is 0 Å². The summed E-state index contributed by atoms with van der Waals surface area (Å²) in [5.74, 6) is -0.946. The van der Waals surface area contributed by atoms with Crippen LogP contribution in [-0.4, -0.2) is 54.6 Å². The van der Waals surface area contributed by atoms with Crippen molar-refractivity contribution in [3.8, 4) is 0 Å². The fourth-order valence-electron chi connectivity index (χ4n) is 3.17. The molecule has 186 valence electrons. The molecule has 2 amide bonds. The molecule has 10 heteroatoms. The third kappa shape index (κ3) is 7.18. The smallest absolute Gasteiger partial charge is 0.243 e. The summed E-state index contributed by atoms with van der Waals surface area (Å²) in [7, 11) is -2.59. The molecule has 34 heavy (non-hydrogen) atoms. The van der Waals surface area contributed by atoms with Crippen molar-refractivity contribution in [2.24, 2.45) is 0 Å². The summed E-state index contributed by atoms with van der Waals surface area (Å²) in [4.78, 5) is 27.6. The van der Waals surface area contributed by atoms with Crippen LogP contribution < -0.4 is 5.32 Å². The Hall–Kier alpha value is -2.13. The van der Waals surface area contributed by atoms with Crippen LogP contribution in [0.1, 0.15) is 38.8 Å². The largest absolute Gasteiger partial charge is 0.350 e. The van der Waals surface area contributed by atoms with Gasteiger partial charge in [0.05, 0.1) is 11.4 Å². The summed E-state index contributed by atoms with van der Waals surface area (Å²) >= 11 is 12.6. The van der Waals surface area contributed by atoms with Crippen LogP contribution in [0.15, 0.2) is 47.4 Å². The summed E-state index contributed by atoms with van der Waals surface area (Å²) in [6.45, 7) is 8.40. The van der Waals surface area contributed by atoms with Gasteiger partial charge in [0.2, 0.25) is 21.8 Å². The first kappa shape index (κ1) is 28.1. The normalized spacial score (nSPS) is 13.0. The highest BCUT2D eigenvalue weighted by molar-refractivity contribution is 7.89. The highest BCUT2D eigenvalue weighted by Gasteiger charge is 2.32. The lowest BCUT2D eigenvalue weighted by Crippen LogP contribution is -2.54. The summed E-state index contributed by atoms with van der Waals surface area (Å²) in [5.41, 5.74) is 0.867. The molecule has 0 aromatic heterocycles. The molecule has 0 saturated heterocycles. The molecule has 1 atom stereocenters. The second-order valence-corrected chi connectivity index (χ2v) is 12.1. The number of carbonyl (C=O) groups excluding carboxylic acids is 2. The second kappa shape index (κ2) is 11.1. The summed E-state index contributed by atoms with van der Waals surface area (Å²) in [6.07, 6.45) is 0. The van der Waals surface area contributed by atoms with Crippen molar-refractivity contribution >= 4 is 45.0 Å². The zero-order valence-electron chi connectivity index (χ0n) is 20.2. The predicted molar refractivity (Wildman–Crippen MR) is 135 cm³/mol. The van der Waals surface area contributed by atoms with Gasteiger partial charge in [-0.1, -0.05) is 47.0 Å². The Morgan fingerprint density at radius 2 is 1.56 bits per heavy atom.